The highest BCUT2D eigenvalue weighted by Gasteiger charge is 2.65. The minimum absolute atomic E-state index is 0.235. The van der Waals surface area contributed by atoms with E-state index < -0.39 is 43.2 Å². The lowest BCUT2D eigenvalue weighted by Gasteiger charge is -2.38. The molecule has 2 aromatic carbocycles. The van der Waals surface area contributed by atoms with Gasteiger partial charge in [0.25, 0.3) is 4.08 Å². The molecule has 11 heteroatoms. The van der Waals surface area contributed by atoms with Gasteiger partial charge in [-0.25, -0.2) is 8.37 Å². The standard InChI is InChI=1S/C16H13F3O6S2/c17-15(18,19)11-14-24-26(20,21)16(27(22,23)25-14,12-7-3-1-4-8-12)13-9-5-2-6-10-13/h1-10,14H,11H2. The van der Waals surface area contributed by atoms with Crippen LogP contribution in [0.2, 0.25) is 0 Å². The molecule has 6 nitrogen and oxygen atoms in total. The van der Waals surface area contributed by atoms with E-state index in [0.29, 0.717) is 0 Å². The van der Waals surface area contributed by atoms with Crippen molar-refractivity contribution in [3.63, 3.8) is 0 Å². The SMILES string of the molecule is O=S1(=O)OC(CC(F)(F)F)OS(=O)(=O)C1(c1ccccc1)c1ccccc1. The Kier molecular flexibility index (Phi) is 4.83. The molecule has 0 aliphatic carbocycles. The lowest BCUT2D eigenvalue weighted by molar-refractivity contribution is -0.175. The van der Waals surface area contributed by atoms with Crippen molar-refractivity contribution in [2.75, 3.05) is 0 Å². The smallest absolute Gasteiger partial charge is 0.235 e. The number of benzene rings is 2. The first-order valence-electron chi connectivity index (χ1n) is 7.53. The normalized spacial score (nSPS) is 21.6. The summed E-state index contributed by atoms with van der Waals surface area (Å²) >= 11 is 0. The van der Waals surface area contributed by atoms with Crippen molar-refractivity contribution in [3.05, 3.63) is 71.8 Å². The maximum Gasteiger partial charge on any atom is 0.394 e. The van der Waals surface area contributed by atoms with E-state index in [1.165, 1.54) is 60.7 Å². The van der Waals surface area contributed by atoms with Crippen molar-refractivity contribution >= 4 is 20.2 Å². The second-order valence-corrected chi connectivity index (χ2v) is 9.38. The van der Waals surface area contributed by atoms with Gasteiger partial charge < -0.3 is 0 Å². The van der Waals surface area contributed by atoms with Crippen molar-refractivity contribution in [2.24, 2.45) is 0 Å². The molecule has 0 saturated carbocycles. The van der Waals surface area contributed by atoms with Gasteiger partial charge in [-0.15, -0.1) is 0 Å². The predicted octanol–water partition coefficient (Wildman–Crippen LogP) is 2.87. The van der Waals surface area contributed by atoms with Crippen molar-refractivity contribution in [1.29, 1.82) is 0 Å². The van der Waals surface area contributed by atoms with Gasteiger partial charge in [0, 0.05) is 0 Å². The van der Waals surface area contributed by atoms with E-state index in [1.807, 2.05) is 0 Å². The van der Waals surface area contributed by atoms with Gasteiger partial charge in [-0.3, -0.25) is 0 Å². The molecular weight excluding hydrogens is 409 g/mol. The number of hydrogen-bond donors (Lipinski definition) is 0. The highest BCUT2D eigenvalue weighted by molar-refractivity contribution is 8.06. The number of rotatable bonds is 3. The molecule has 0 N–H and O–H groups in total. The molecule has 2 aromatic rings. The van der Waals surface area contributed by atoms with Crippen molar-refractivity contribution < 1.29 is 38.4 Å². The summed E-state index contributed by atoms with van der Waals surface area (Å²) in [6, 6.07) is 13.5. The van der Waals surface area contributed by atoms with Crippen LogP contribution in [0.1, 0.15) is 17.5 Å². The summed E-state index contributed by atoms with van der Waals surface area (Å²) < 4.78 is 96.0. The summed E-state index contributed by atoms with van der Waals surface area (Å²) in [6.07, 6.45) is -9.32. The third-order valence-electron chi connectivity index (χ3n) is 3.88. The summed E-state index contributed by atoms with van der Waals surface area (Å²) in [6.45, 7) is 0. The van der Waals surface area contributed by atoms with Gasteiger partial charge in [0.15, 0.2) is 0 Å². The van der Waals surface area contributed by atoms with E-state index in [1.54, 1.807) is 0 Å². The van der Waals surface area contributed by atoms with Crippen LogP contribution in [-0.2, 0) is 32.7 Å². The van der Waals surface area contributed by atoms with Crippen LogP contribution in [-0.4, -0.2) is 29.3 Å². The van der Waals surface area contributed by atoms with Gasteiger partial charge in [-0.1, -0.05) is 60.7 Å². The van der Waals surface area contributed by atoms with Crippen molar-refractivity contribution in [1.82, 2.24) is 0 Å². The van der Waals surface area contributed by atoms with Crippen LogP contribution in [0, 0.1) is 0 Å². The zero-order valence-corrected chi connectivity index (χ0v) is 15.1. The van der Waals surface area contributed by atoms with Crippen molar-refractivity contribution in [2.45, 2.75) is 23.0 Å². The Morgan fingerprint density at radius 1 is 0.778 bits per heavy atom. The third-order valence-corrected chi connectivity index (χ3v) is 8.39. The Labute approximate surface area is 153 Å². The topological polar surface area (TPSA) is 86.7 Å². The molecule has 0 bridgehead atoms. The zero-order chi connectivity index (χ0) is 19.9. The molecule has 0 unspecified atom stereocenters. The van der Waals surface area contributed by atoms with E-state index in [9.17, 15) is 30.0 Å². The molecule has 0 atom stereocenters. The van der Waals surface area contributed by atoms with E-state index in [2.05, 4.69) is 8.37 Å². The van der Waals surface area contributed by atoms with Gasteiger partial charge in [0.2, 0.25) is 6.29 Å². The Morgan fingerprint density at radius 2 is 1.15 bits per heavy atom. The van der Waals surface area contributed by atoms with Gasteiger partial charge in [-0.2, -0.15) is 30.0 Å². The third kappa shape index (κ3) is 3.35. The summed E-state index contributed by atoms with van der Waals surface area (Å²) in [5.74, 6) is 0. The lowest BCUT2D eigenvalue weighted by atomic mass is 10.0. The largest absolute Gasteiger partial charge is 0.394 e. The minimum Gasteiger partial charge on any atom is -0.235 e. The monoisotopic (exact) mass is 422 g/mol. The fraction of sp³-hybridized carbons (Fsp3) is 0.250. The lowest BCUT2D eigenvalue weighted by Crippen LogP contribution is -2.53. The van der Waals surface area contributed by atoms with Crippen LogP contribution in [0.25, 0.3) is 0 Å². The van der Waals surface area contributed by atoms with Crippen molar-refractivity contribution in [3.8, 4) is 0 Å². The number of hydrogen-bond acceptors (Lipinski definition) is 6. The van der Waals surface area contributed by atoms with E-state index in [4.69, 9.17) is 0 Å². The average Bonchev–Trinajstić information content (AvgIpc) is 2.53. The van der Waals surface area contributed by atoms with E-state index >= 15 is 0 Å². The Morgan fingerprint density at radius 3 is 1.48 bits per heavy atom. The summed E-state index contributed by atoms with van der Waals surface area (Å²) in [5, 5.41) is 0. The van der Waals surface area contributed by atoms with E-state index in [-0.39, 0.29) is 11.1 Å². The molecule has 1 heterocycles. The van der Waals surface area contributed by atoms with Crippen LogP contribution in [0.5, 0.6) is 0 Å². The summed E-state index contributed by atoms with van der Waals surface area (Å²) in [7, 11) is -10.3. The molecule has 0 amide bonds. The molecule has 1 fully saturated rings. The molecule has 27 heavy (non-hydrogen) atoms. The molecule has 1 saturated heterocycles. The Bertz CT molecular complexity index is 941. The molecule has 0 radical (unpaired) electrons. The van der Waals surface area contributed by atoms with Crippen LogP contribution in [0.15, 0.2) is 60.7 Å². The summed E-state index contributed by atoms with van der Waals surface area (Å²) in [5.41, 5.74) is -0.469. The van der Waals surface area contributed by atoms with Crippen LogP contribution < -0.4 is 0 Å². The fourth-order valence-electron chi connectivity index (χ4n) is 2.88. The van der Waals surface area contributed by atoms with Gasteiger partial charge >= 0.3 is 26.4 Å². The van der Waals surface area contributed by atoms with Crippen LogP contribution >= 0.6 is 0 Å². The molecule has 1 aliphatic heterocycles. The Balaban J connectivity index is 2.28. The predicted molar refractivity (Wildman–Crippen MR) is 88.1 cm³/mol. The minimum atomic E-state index is -5.13. The second kappa shape index (κ2) is 6.59. The quantitative estimate of drug-likeness (QED) is 0.707. The van der Waals surface area contributed by atoms with Gasteiger partial charge in [0.1, 0.15) is 0 Å². The molecule has 0 aromatic heterocycles. The first-order valence-corrected chi connectivity index (χ1v) is 10.3. The molecule has 146 valence electrons. The molecule has 0 spiro atoms. The van der Waals surface area contributed by atoms with E-state index in [0.717, 1.165) is 0 Å². The van der Waals surface area contributed by atoms with Gasteiger partial charge in [-0.05, 0) is 11.1 Å². The maximum absolute atomic E-state index is 13.0. The van der Waals surface area contributed by atoms with Crippen LogP contribution in [0.4, 0.5) is 13.2 Å². The molecular formula is C16H13F3O6S2. The van der Waals surface area contributed by atoms with Gasteiger partial charge in [0.05, 0.1) is 6.42 Å². The maximum atomic E-state index is 13.0. The fourth-order valence-corrected chi connectivity index (χ4v) is 6.91. The van der Waals surface area contributed by atoms with Crippen LogP contribution in [0.3, 0.4) is 0 Å². The average molecular weight is 422 g/mol. The Hall–Kier alpha value is -1.95. The summed E-state index contributed by atoms with van der Waals surface area (Å²) in [4.78, 5) is 0. The molecule has 1 aliphatic rings. The number of halogens is 3. The first-order chi connectivity index (χ1) is 12.5. The molecule has 3 rings (SSSR count). The second-order valence-electron chi connectivity index (χ2n) is 5.70. The highest BCUT2D eigenvalue weighted by atomic mass is 32.3. The zero-order valence-electron chi connectivity index (χ0n) is 13.5. The highest BCUT2D eigenvalue weighted by Crippen LogP contribution is 2.49. The number of alkyl halides is 3. The first kappa shape index (κ1) is 19.8.